The van der Waals surface area contributed by atoms with E-state index in [1.807, 2.05) is 26.0 Å². The predicted octanol–water partition coefficient (Wildman–Crippen LogP) is 3.79. The number of nitrogens with one attached hydrogen (secondary N) is 2. The third kappa shape index (κ3) is 6.56. The molecule has 2 aromatic rings. The third-order valence-electron chi connectivity index (χ3n) is 4.24. The molecular formula is C21H28N2O4S. The lowest BCUT2D eigenvalue weighted by atomic mass is 10.1. The molecular weight excluding hydrogens is 376 g/mol. The van der Waals surface area contributed by atoms with Crippen LogP contribution in [0.4, 0.5) is 5.69 Å². The molecule has 0 unspecified atom stereocenters. The number of amides is 1. The van der Waals surface area contributed by atoms with Crippen LogP contribution in [0.3, 0.4) is 0 Å². The second-order valence-corrected chi connectivity index (χ2v) is 8.42. The first kappa shape index (κ1) is 21.8. The summed E-state index contributed by atoms with van der Waals surface area (Å²) in [4.78, 5) is 11.9. The number of carbonyl (C=O) groups excluding carboxylic acids is 1. The van der Waals surface area contributed by atoms with Crippen molar-refractivity contribution in [3.63, 3.8) is 0 Å². The molecule has 2 N–H and O–H groups in total. The van der Waals surface area contributed by atoms with Crippen LogP contribution in [0.2, 0.25) is 0 Å². The van der Waals surface area contributed by atoms with Gasteiger partial charge in [-0.25, -0.2) is 8.42 Å². The van der Waals surface area contributed by atoms with Crippen molar-refractivity contribution in [2.24, 2.45) is 0 Å². The van der Waals surface area contributed by atoms with Gasteiger partial charge >= 0.3 is 0 Å². The molecule has 6 nitrogen and oxygen atoms in total. The standard InChI is InChI=1S/C21H28N2O4S/c1-4-5-6-13-22-21(24)15-27-18-9-11-19(12-10-18)28(25,26)23-20-14-16(2)7-8-17(20)3/h7-12,14,23H,4-6,13,15H2,1-3H3,(H,22,24). The van der Waals surface area contributed by atoms with Crippen LogP contribution >= 0.6 is 0 Å². The zero-order chi connectivity index (χ0) is 20.6. The van der Waals surface area contributed by atoms with Gasteiger partial charge in [0.25, 0.3) is 15.9 Å². The third-order valence-corrected chi connectivity index (χ3v) is 5.63. The summed E-state index contributed by atoms with van der Waals surface area (Å²) >= 11 is 0. The fourth-order valence-corrected chi connectivity index (χ4v) is 3.69. The van der Waals surface area contributed by atoms with E-state index in [4.69, 9.17) is 4.74 Å². The van der Waals surface area contributed by atoms with Crippen molar-refractivity contribution in [3.8, 4) is 5.75 Å². The molecule has 152 valence electrons. The van der Waals surface area contributed by atoms with Crippen LogP contribution in [0.1, 0.15) is 37.3 Å². The molecule has 2 rings (SSSR count). The maximum atomic E-state index is 12.6. The molecule has 0 aromatic heterocycles. The molecule has 0 aliphatic carbocycles. The molecule has 0 heterocycles. The smallest absolute Gasteiger partial charge is 0.261 e. The van der Waals surface area contributed by atoms with Crippen LogP contribution in [0.25, 0.3) is 0 Å². The van der Waals surface area contributed by atoms with Gasteiger partial charge in [0.15, 0.2) is 6.61 Å². The van der Waals surface area contributed by atoms with E-state index in [1.54, 1.807) is 18.2 Å². The topological polar surface area (TPSA) is 84.5 Å². The fraction of sp³-hybridized carbons (Fsp3) is 0.381. The zero-order valence-electron chi connectivity index (χ0n) is 16.6. The molecule has 0 aliphatic rings. The zero-order valence-corrected chi connectivity index (χ0v) is 17.4. The van der Waals surface area contributed by atoms with Crippen LogP contribution in [-0.4, -0.2) is 27.5 Å². The first-order valence-electron chi connectivity index (χ1n) is 9.41. The Morgan fingerprint density at radius 3 is 2.43 bits per heavy atom. The Kier molecular flexibility index (Phi) is 7.87. The number of rotatable bonds is 10. The van der Waals surface area contributed by atoms with Gasteiger partial charge in [-0.1, -0.05) is 31.9 Å². The Bertz CT molecular complexity index is 893. The van der Waals surface area contributed by atoms with Crippen LogP contribution in [0, 0.1) is 13.8 Å². The molecule has 0 saturated heterocycles. The number of unbranched alkanes of at least 4 members (excludes halogenated alkanes) is 2. The fourth-order valence-electron chi connectivity index (χ4n) is 2.57. The van der Waals surface area contributed by atoms with Gasteiger partial charge in [0.05, 0.1) is 10.6 Å². The first-order valence-corrected chi connectivity index (χ1v) is 10.9. The Hall–Kier alpha value is -2.54. The monoisotopic (exact) mass is 404 g/mol. The highest BCUT2D eigenvalue weighted by molar-refractivity contribution is 7.92. The van der Waals surface area contributed by atoms with Crippen LogP contribution in [0.15, 0.2) is 47.4 Å². The molecule has 0 radical (unpaired) electrons. The van der Waals surface area contributed by atoms with Crippen LogP contribution < -0.4 is 14.8 Å². The molecule has 2 aromatic carbocycles. The Morgan fingerprint density at radius 1 is 1.04 bits per heavy atom. The van der Waals surface area contributed by atoms with Gasteiger partial charge in [-0.05, 0) is 61.7 Å². The SMILES string of the molecule is CCCCCNC(=O)COc1ccc(S(=O)(=O)Nc2cc(C)ccc2C)cc1. The summed E-state index contributed by atoms with van der Waals surface area (Å²) in [6.45, 7) is 6.40. The van der Waals surface area contributed by atoms with E-state index in [-0.39, 0.29) is 17.4 Å². The summed E-state index contributed by atoms with van der Waals surface area (Å²) in [7, 11) is -3.70. The van der Waals surface area contributed by atoms with E-state index in [9.17, 15) is 13.2 Å². The number of ether oxygens (including phenoxy) is 1. The summed E-state index contributed by atoms with van der Waals surface area (Å²) < 4.78 is 33.2. The maximum absolute atomic E-state index is 12.6. The highest BCUT2D eigenvalue weighted by Gasteiger charge is 2.15. The van der Waals surface area contributed by atoms with Crippen LogP contribution in [-0.2, 0) is 14.8 Å². The summed E-state index contributed by atoms with van der Waals surface area (Å²) in [5.74, 6) is 0.249. The number of hydrogen-bond acceptors (Lipinski definition) is 4. The molecule has 0 fully saturated rings. The van der Waals surface area contributed by atoms with Gasteiger partial charge in [0.2, 0.25) is 0 Å². The Balaban J connectivity index is 1.94. The van der Waals surface area contributed by atoms with Crippen molar-refractivity contribution < 1.29 is 17.9 Å². The minimum absolute atomic E-state index is 0.0983. The van der Waals surface area contributed by atoms with E-state index < -0.39 is 10.0 Å². The van der Waals surface area contributed by atoms with Crippen molar-refractivity contribution in [3.05, 3.63) is 53.6 Å². The number of carbonyl (C=O) groups is 1. The first-order chi connectivity index (χ1) is 13.3. The minimum atomic E-state index is -3.70. The van der Waals surface area contributed by atoms with E-state index in [2.05, 4.69) is 17.0 Å². The predicted molar refractivity (Wildman–Crippen MR) is 111 cm³/mol. The number of hydrogen-bond donors (Lipinski definition) is 2. The molecule has 0 aliphatic heterocycles. The summed E-state index contributed by atoms with van der Waals surface area (Å²) in [5, 5.41) is 2.79. The van der Waals surface area contributed by atoms with Gasteiger partial charge in [-0.3, -0.25) is 9.52 Å². The lowest BCUT2D eigenvalue weighted by Gasteiger charge is -2.12. The second-order valence-electron chi connectivity index (χ2n) is 6.74. The summed E-state index contributed by atoms with van der Waals surface area (Å²) in [5.41, 5.74) is 2.37. The van der Waals surface area contributed by atoms with Gasteiger partial charge in [0, 0.05) is 6.54 Å². The maximum Gasteiger partial charge on any atom is 0.261 e. The van der Waals surface area contributed by atoms with Crippen molar-refractivity contribution in [2.45, 2.75) is 44.9 Å². The highest BCUT2D eigenvalue weighted by atomic mass is 32.2. The molecule has 0 atom stereocenters. The van der Waals surface area contributed by atoms with Crippen molar-refractivity contribution in [1.29, 1.82) is 0 Å². The largest absolute Gasteiger partial charge is 0.484 e. The van der Waals surface area contributed by atoms with Crippen molar-refractivity contribution in [2.75, 3.05) is 17.9 Å². The number of benzene rings is 2. The lowest BCUT2D eigenvalue weighted by molar-refractivity contribution is -0.123. The number of anilines is 1. The van der Waals surface area contributed by atoms with Crippen LogP contribution in [0.5, 0.6) is 5.75 Å². The van der Waals surface area contributed by atoms with E-state index in [0.717, 1.165) is 30.4 Å². The average Bonchev–Trinajstić information content (AvgIpc) is 2.66. The van der Waals surface area contributed by atoms with E-state index in [0.29, 0.717) is 18.0 Å². The average molecular weight is 405 g/mol. The second kappa shape index (κ2) is 10.1. The normalized spacial score (nSPS) is 11.1. The molecule has 7 heteroatoms. The Labute approximate surface area is 167 Å². The Morgan fingerprint density at radius 2 is 1.75 bits per heavy atom. The van der Waals surface area contributed by atoms with Gasteiger partial charge in [-0.15, -0.1) is 0 Å². The van der Waals surface area contributed by atoms with E-state index in [1.165, 1.54) is 12.1 Å². The summed E-state index contributed by atoms with van der Waals surface area (Å²) in [6, 6.07) is 11.6. The number of sulfonamides is 1. The van der Waals surface area contributed by atoms with Crippen molar-refractivity contribution >= 4 is 21.6 Å². The molecule has 1 amide bonds. The number of aryl methyl sites for hydroxylation is 2. The molecule has 0 bridgehead atoms. The van der Waals surface area contributed by atoms with Gasteiger partial charge < -0.3 is 10.1 Å². The summed E-state index contributed by atoms with van der Waals surface area (Å²) in [6.07, 6.45) is 3.12. The molecule has 28 heavy (non-hydrogen) atoms. The van der Waals surface area contributed by atoms with Gasteiger partial charge in [-0.2, -0.15) is 0 Å². The minimum Gasteiger partial charge on any atom is -0.484 e. The van der Waals surface area contributed by atoms with Gasteiger partial charge in [0.1, 0.15) is 5.75 Å². The highest BCUT2D eigenvalue weighted by Crippen LogP contribution is 2.22. The van der Waals surface area contributed by atoms with Crippen molar-refractivity contribution in [1.82, 2.24) is 5.32 Å². The van der Waals surface area contributed by atoms with E-state index >= 15 is 0 Å². The quantitative estimate of drug-likeness (QED) is 0.590. The lowest BCUT2D eigenvalue weighted by Crippen LogP contribution is -2.29. The molecule has 0 spiro atoms. The molecule has 0 saturated carbocycles.